The van der Waals surface area contributed by atoms with Crippen molar-refractivity contribution in [3.05, 3.63) is 77.9 Å². The highest BCUT2D eigenvalue weighted by atomic mass is 16.2. The average Bonchev–Trinajstić information content (AvgIpc) is 2.87. The molecule has 3 rings (SSSR count). The fraction of sp³-hybridized carbons (Fsp3) is 0.429. The van der Waals surface area contributed by atoms with Crippen molar-refractivity contribution >= 4 is 17.9 Å². The van der Waals surface area contributed by atoms with Crippen molar-refractivity contribution in [2.45, 2.75) is 38.1 Å². The molecule has 2 amide bonds. The Kier molecular flexibility index (Phi) is 11.4. The number of hydrogen-bond donors (Lipinski definition) is 3. The summed E-state index contributed by atoms with van der Waals surface area (Å²) >= 11 is 0. The van der Waals surface area contributed by atoms with Gasteiger partial charge in [-0.05, 0) is 62.5 Å². The van der Waals surface area contributed by atoms with Gasteiger partial charge in [-0.3, -0.25) is 9.59 Å². The van der Waals surface area contributed by atoms with E-state index in [1.54, 1.807) is 6.08 Å². The molecule has 182 valence electrons. The summed E-state index contributed by atoms with van der Waals surface area (Å²) < 4.78 is 0. The largest absolute Gasteiger partial charge is 0.356 e. The molecule has 0 aromatic heterocycles. The highest BCUT2D eigenvalue weighted by molar-refractivity contribution is 5.91. The molecule has 0 bridgehead atoms. The Morgan fingerprint density at radius 1 is 0.824 bits per heavy atom. The topological polar surface area (TPSA) is 73.5 Å². The van der Waals surface area contributed by atoms with E-state index in [4.69, 9.17) is 0 Å². The molecule has 2 aromatic carbocycles. The summed E-state index contributed by atoms with van der Waals surface area (Å²) in [5.74, 6) is 0.0556. The number of rotatable bonds is 3. The van der Waals surface area contributed by atoms with Crippen LogP contribution in [0.1, 0.15) is 49.3 Å². The molecule has 1 saturated heterocycles. The Hall–Kier alpha value is -2.96. The molecule has 1 aliphatic heterocycles. The molecular weight excluding hydrogens is 424 g/mol. The molecule has 6 nitrogen and oxygen atoms in total. The molecule has 1 unspecified atom stereocenters. The highest BCUT2D eigenvalue weighted by Gasteiger charge is 2.16. The number of hydrogen-bond acceptors (Lipinski definition) is 4. The van der Waals surface area contributed by atoms with Gasteiger partial charge in [0, 0.05) is 38.2 Å². The maximum Gasteiger partial charge on any atom is 0.246 e. The second-order valence-corrected chi connectivity index (χ2v) is 8.70. The van der Waals surface area contributed by atoms with Crippen molar-refractivity contribution in [1.82, 2.24) is 20.9 Å². The van der Waals surface area contributed by atoms with E-state index in [9.17, 15) is 9.59 Å². The molecular formula is C28H38N4O2. The zero-order valence-corrected chi connectivity index (χ0v) is 20.0. The Morgan fingerprint density at radius 2 is 1.53 bits per heavy atom. The second-order valence-electron chi connectivity index (χ2n) is 8.70. The van der Waals surface area contributed by atoms with Gasteiger partial charge >= 0.3 is 0 Å². The summed E-state index contributed by atoms with van der Waals surface area (Å²) in [7, 11) is 0. The lowest BCUT2D eigenvalue weighted by molar-refractivity contribution is -0.126. The summed E-state index contributed by atoms with van der Waals surface area (Å²) in [5, 5.41) is 10.1. The van der Waals surface area contributed by atoms with Crippen LogP contribution in [0.4, 0.5) is 0 Å². The summed E-state index contributed by atoms with van der Waals surface area (Å²) in [6.45, 7) is 4.66. The fourth-order valence-corrected chi connectivity index (χ4v) is 4.09. The SMILES string of the molecule is O=C1CC(c2ccccc2)NCCCNCCCCN(C(=O)/C=C/c2ccccc2)CCCN1. The van der Waals surface area contributed by atoms with Crippen LogP contribution in [0.15, 0.2) is 66.7 Å². The van der Waals surface area contributed by atoms with Gasteiger partial charge in [-0.15, -0.1) is 0 Å². The van der Waals surface area contributed by atoms with Gasteiger partial charge in [0.1, 0.15) is 0 Å². The maximum absolute atomic E-state index is 12.8. The van der Waals surface area contributed by atoms with Crippen LogP contribution in [-0.2, 0) is 9.59 Å². The van der Waals surface area contributed by atoms with E-state index < -0.39 is 0 Å². The molecule has 1 fully saturated rings. The number of nitrogens with one attached hydrogen (secondary N) is 3. The van der Waals surface area contributed by atoms with Gasteiger partial charge in [-0.25, -0.2) is 0 Å². The van der Waals surface area contributed by atoms with Crippen LogP contribution in [0.2, 0.25) is 0 Å². The first-order valence-electron chi connectivity index (χ1n) is 12.5. The molecule has 0 spiro atoms. The quantitative estimate of drug-likeness (QED) is 0.610. The monoisotopic (exact) mass is 462 g/mol. The van der Waals surface area contributed by atoms with Crippen molar-refractivity contribution in [3.8, 4) is 0 Å². The molecule has 6 heteroatoms. The van der Waals surface area contributed by atoms with Crippen molar-refractivity contribution in [2.75, 3.05) is 39.3 Å². The molecule has 0 radical (unpaired) electrons. The first-order chi connectivity index (χ1) is 16.7. The minimum Gasteiger partial charge on any atom is -0.356 e. The smallest absolute Gasteiger partial charge is 0.246 e. The number of carbonyl (C=O) groups is 2. The number of nitrogens with zero attached hydrogens (tertiary/aromatic N) is 1. The van der Waals surface area contributed by atoms with Gasteiger partial charge in [-0.2, -0.15) is 0 Å². The van der Waals surface area contributed by atoms with Gasteiger partial charge < -0.3 is 20.9 Å². The normalized spacial score (nSPS) is 19.9. The van der Waals surface area contributed by atoms with Crippen molar-refractivity contribution in [3.63, 3.8) is 0 Å². The van der Waals surface area contributed by atoms with E-state index in [-0.39, 0.29) is 17.9 Å². The molecule has 1 atom stereocenters. The zero-order valence-electron chi connectivity index (χ0n) is 20.0. The number of amides is 2. The molecule has 0 saturated carbocycles. The van der Waals surface area contributed by atoms with E-state index in [1.165, 1.54) is 0 Å². The molecule has 1 heterocycles. The van der Waals surface area contributed by atoms with E-state index in [2.05, 4.69) is 28.1 Å². The third-order valence-electron chi connectivity index (χ3n) is 6.00. The molecule has 2 aromatic rings. The minimum absolute atomic E-state index is 0.00177. The van der Waals surface area contributed by atoms with Gasteiger partial charge in [0.25, 0.3) is 0 Å². The van der Waals surface area contributed by atoms with Crippen LogP contribution in [0.3, 0.4) is 0 Å². The summed E-state index contributed by atoms with van der Waals surface area (Å²) in [6.07, 6.45) is 7.65. The van der Waals surface area contributed by atoms with Crippen molar-refractivity contribution in [2.24, 2.45) is 0 Å². The van der Waals surface area contributed by atoms with Gasteiger partial charge in [0.05, 0.1) is 0 Å². The van der Waals surface area contributed by atoms with Gasteiger partial charge in [-0.1, -0.05) is 60.7 Å². The predicted octanol–water partition coefficient (Wildman–Crippen LogP) is 3.53. The first kappa shape index (κ1) is 25.7. The maximum atomic E-state index is 12.8. The minimum atomic E-state index is -0.00177. The number of carbonyl (C=O) groups excluding carboxylic acids is 2. The Balaban J connectivity index is 1.57. The lowest BCUT2D eigenvalue weighted by Crippen LogP contribution is -2.35. The van der Waals surface area contributed by atoms with Crippen molar-refractivity contribution in [1.29, 1.82) is 0 Å². The van der Waals surface area contributed by atoms with Crippen LogP contribution < -0.4 is 16.0 Å². The summed E-state index contributed by atoms with van der Waals surface area (Å²) in [5.41, 5.74) is 2.14. The molecule has 34 heavy (non-hydrogen) atoms. The van der Waals surface area contributed by atoms with Crippen LogP contribution >= 0.6 is 0 Å². The van der Waals surface area contributed by atoms with E-state index in [1.807, 2.05) is 59.5 Å². The standard InChI is InChI=1S/C28H38N4O2/c33-27-23-26(25-13-5-2-6-14-25)30-19-9-18-29-17-7-8-21-32(22-10-20-31-27)28(34)16-15-24-11-3-1-4-12-24/h1-6,11-16,26,29-30H,7-10,17-23H2,(H,31,33)/b16-15+. The van der Waals surface area contributed by atoms with Crippen LogP contribution in [0.5, 0.6) is 0 Å². The predicted molar refractivity (Wildman–Crippen MR) is 138 cm³/mol. The third kappa shape index (κ3) is 9.49. The Morgan fingerprint density at radius 3 is 2.32 bits per heavy atom. The van der Waals surface area contributed by atoms with Crippen LogP contribution in [-0.4, -0.2) is 56.0 Å². The third-order valence-corrected chi connectivity index (χ3v) is 6.00. The summed E-state index contributed by atoms with van der Waals surface area (Å²) in [6, 6.07) is 20.0. The zero-order chi connectivity index (χ0) is 23.8. The van der Waals surface area contributed by atoms with Gasteiger partial charge in [0.15, 0.2) is 0 Å². The fourth-order valence-electron chi connectivity index (χ4n) is 4.09. The molecule has 1 aliphatic rings. The lowest BCUT2D eigenvalue weighted by Gasteiger charge is -2.22. The van der Waals surface area contributed by atoms with E-state index in [0.717, 1.165) is 63.0 Å². The Bertz CT molecular complexity index is 886. The van der Waals surface area contributed by atoms with Crippen LogP contribution in [0, 0.1) is 0 Å². The number of benzene rings is 2. The van der Waals surface area contributed by atoms with E-state index >= 15 is 0 Å². The highest BCUT2D eigenvalue weighted by Crippen LogP contribution is 2.16. The van der Waals surface area contributed by atoms with Crippen LogP contribution in [0.25, 0.3) is 6.08 Å². The molecule has 0 aliphatic carbocycles. The average molecular weight is 463 g/mol. The lowest BCUT2D eigenvalue weighted by atomic mass is 10.0. The van der Waals surface area contributed by atoms with Gasteiger partial charge in [0.2, 0.25) is 11.8 Å². The Labute approximate surface area is 203 Å². The first-order valence-corrected chi connectivity index (χ1v) is 12.5. The summed E-state index contributed by atoms with van der Waals surface area (Å²) in [4.78, 5) is 27.4. The van der Waals surface area contributed by atoms with E-state index in [0.29, 0.717) is 19.5 Å². The molecule has 3 N–H and O–H groups in total. The van der Waals surface area contributed by atoms with Crippen molar-refractivity contribution < 1.29 is 9.59 Å². The second kappa shape index (κ2) is 15.0.